The van der Waals surface area contributed by atoms with Gasteiger partial charge in [0.05, 0.1) is 12.1 Å². The molecular weight excluding hydrogens is 821 g/mol. The lowest BCUT2D eigenvalue weighted by Crippen LogP contribution is -2.49. The molecule has 2 aromatic heterocycles. The van der Waals surface area contributed by atoms with Gasteiger partial charge in [-0.3, -0.25) is 24.7 Å². The number of hydrogen-bond acceptors (Lipinski definition) is 13. The van der Waals surface area contributed by atoms with Crippen LogP contribution in [0.2, 0.25) is 0 Å². The number of piperidine rings is 2. The highest BCUT2D eigenvalue weighted by Crippen LogP contribution is 2.39. The second-order valence-corrected chi connectivity index (χ2v) is 18.7. The normalized spacial score (nSPS) is 18.8. The van der Waals surface area contributed by atoms with Crippen molar-refractivity contribution in [3.05, 3.63) is 90.3 Å². The number of likely N-dealkylation sites (tertiary alicyclic amines) is 1. The second-order valence-electron chi connectivity index (χ2n) is 18.7. The number of hydrogen-bond donors (Lipinski definition) is 3. The molecule has 65 heavy (non-hydrogen) atoms. The van der Waals surface area contributed by atoms with Crippen LogP contribution in [0, 0.1) is 12.8 Å². The van der Waals surface area contributed by atoms with Gasteiger partial charge < -0.3 is 29.9 Å². The van der Waals surface area contributed by atoms with Gasteiger partial charge in [0.1, 0.15) is 23.9 Å². The molecule has 15 nitrogen and oxygen atoms in total. The van der Waals surface area contributed by atoms with Crippen LogP contribution < -0.4 is 30.5 Å². The fraction of sp³-hybridized carbons (Fsp3) is 0.440. The first-order valence-electron chi connectivity index (χ1n) is 23.1. The zero-order valence-electron chi connectivity index (χ0n) is 37.9. The number of benzene rings is 3. The first-order chi connectivity index (χ1) is 31.4. The minimum Gasteiger partial charge on any atom is -0.474 e. The molecule has 4 aliphatic heterocycles. The Bertz CT molecular complexity index is 2510. The maximum Gasteiger partial charge on any atom is 0.415 e. The van der Waals surface area contributed by atoms with Gasteiger partial charge in [-0.05, 0) is 132 Å². The van der Waals surface area contributed by atoms with Crippen LogP contribution in [0.1, 0.15) is 57.6 Å². The third-order valence-electron chi connectivity index (χ3n) is 12.9. The van der Waals surface area contributed by atoms with Gasteiger partial charge >= 0.3 is 6.09 Å². The summed E-state index contributed by atoms with van der Waals surface area (Å²) < 4.78 is 11.6. The molecule has 3 amide bonds. The third kappa shape index (κ3) is 10.6. The number of rotatable bonds is 11. The summed E-state index contributed by atoms with van der Waals surface area (Å²) >= 11 is 0. The molecule has 3 N–H and O–H groups in total. The van der Waals surface area contributed by atoms with Gasteiger partial charge in [-0.25, -0.2) is 19.7 Å². The predicted molar refractivity (Wildman–Crippen MR) is 254 cm³/mol. The number of pyridine rings is 1. The zero-order valence-corrected chi connectivity index (χ0v) is 37.9. The van der Waals surface area contributed by atoms with Crippen LogP contribution in [0.3, 0.4) is 0 Å². The fourth-order valence-electron chi connectivity index (χ4n) is 9.30. The number of aromatic nitrogens is 3. The molecule has 0 spiro atoms. The minimum atomic E-state index is -0.623. The summed E-state index contributed by atoms with van der Waals surface area (Å²) in [6, 6.07) is 22.6. The summed E-state index contributed by atoms with van der Waals surface area (Å²) in [6.45, 7) is 17.0. The Morgan fingerprint density at radius 2 is 1.62 bits per heavy atom. The van der Waals surface area contributed by atoms with E-state index < -0.39 is 11.7 Å². The van der Waals surface area contributed by atoms with Crippen molar-refractivity contribution in [2.45, 2.75) is 71.4 Å². The zero-order chi connectivity index (χ0) is 45.1. The summed E-state index contributed by atoms with van der Waals surface area (Å²) in [5, 5.41) is 10.00. The Labute approximate surface area is 380 Å². The molecule has 3 aromatic carbocycles. The standard InChI is InChI=1S/C50H60N10O5/c1-33-41(31-51-47-45(33)60(27-28-64-47)49(63)65-50(2,3)4)36-7-8-37-30-52-48(55-43(37)29-36)54-39-9-5-34(6-10-39)17-20-57-21-18-35(19-22-57)32-58-23-25-59(26-24-58)40-13-11-38(12-14-40)53-42-15-16-44(61)56-46(42)62/h5-14,29-31,35,42,53H,15-28,32H2,1-4H3,(H,52,54,55)(H,56,61,62). The smallest absolute Gasteiger partial charge is 0.415 e. The number of imide groups is 1. The fourth-order valence-corrected chi connectivity index (χ4v) is 9.30. The lowest BCUT2D eigenvalue weighted by molar-refractivity contribution is -0.133. The summed E-state index contributed by atoms with van der Waals surface area (Å²) in [4.78, 5) is 60.2. The van der Waals surface area contributed by atoms with Gasteiger partial charge in [0, 0.05) is 86.1 Å². The quantitative estimate of drug-likeness (QED) is 0.115. The van der Waals surface area contributed by atoms with Crippen molar-refractivity contribution in [1.29, 1.82) is 0 Å². The van der Waals surface area contributed by atoms with Crippen LogP contribution in [0.5, 0.6) is 5.88 Å². The number of fused-ring (bicyclic) bond motifs is 2. The van der Waals surface area contributed by atoms with Crippen LogP contribution in [-0.2, 0) is 20.7 Å². The van der Waals surface area contributed by atoms with Gasteiger partial charge in [0.2, 0.25) is 23.6 Å². The van der Waals surface area contributed by atoms with E-state index in [0.29, 0.717) is 43.5 Å². The van der Waals surface area contributed by atoms with Crippen molar-refractivity contribution >= 4 is 57.5 Å². The highest BCUT2D eigenvalue weighted by Gasteiger charge is 2.32. The van der Waals surface area contributed by atoms with Gasteiger partial charge in [-0.15, -0.1) is 0 Å². The number of nitrogens with one attached hydrogen (secondary N) is 3. The number of carbonyl (C=O) groups is 3. The molecule has 3 fully saturated rings. The molecule has 0 radical (unpaired) electrons. The van der Waals surface area contributed by atoms with Gasteiger partial charge in [-0.2, -0.15) is 0 Å². The van der Waals surface area contributed by atoms with Crippen LogP contribution in [-0.4, -0.2) is 120 Å². The van der Waals surface area contributed by atoms with Crippen LogP contribution >= 0.6 is 0 Å². The van der Waals surface area contributed by atoms with E-state index in [-0.39, 0.29) is 17.9 Å². The van der Waals surface area contributed by atoms with Gasteiger partial charge in [0.15, 0.2) is 0 Å². The number of amides is 3. The average Bonchev–Trinajstić information content (AvgIpc) is 3.30. The molecular formula is C50H60N10O5. The van der Waals surface area contributed by atoms with Crippen molar-refractivity contribution in [1.82, 2.24) is 30.1 Å². The number of ether oxygens (including phenoxy) is 2. The van der Waals surface area contributed by atoms with E-state index in [1.54, 1.807) is 11.1 Å². The molecule has 0 saturated carbocycles. The SMILES string of the molecule is Cc1c(-c2ccc3cnc(Nc4ccc(CCN5CCC(CN6CCN(c7ccc(NC8CCC(=O)NC8=O)cc7)CC6)CC5)cc4)nc3c2)cnc2c1N(C(=O)OC(C)(C)C)CCO2. The maximum atomic E-state index is 13.2. The molecule has 0 bridgehead atoms. The molecule has 15 heteroatoms. The van der Waals surface area contributed by atoms with E-state index in [1.165, 1.54) is 30.6 Å². The summed E-state index contributed by atoms with van der Waals surface area (Å²) in [6.07, 6.45) is 7.58. The molecule has 3 saturated heterocycles. The third-order valence-corrected chi connectivity index (χ3v) is 12.9. The summed E-state index contributed by atoms with van der Waals surface area (Å²) in [7, 11) is 0. The van der Waals surface area contributed by atoms with Crippen molar-refractivity contribution in [3.63, 3.8) is 0 Å². The Morgan fingerprint density at radius 1 is 0.862 bits per heavy atom. The topological polar surface area (TPSA) is 157 Å². The molecule has 0 aliphatic carbocycles. The van der Waals surface area contributed by atoms with E-state index in [2.05, 4.69) is 77.0 Å². The molecule has 1 unspecified atom stereocenters. The maximum absolute atomic E-state index is 13.2. The van der Waals surface area contributed by atoms with E-state index in [4.69, 9.17) is 14.5 Å². The Balaban J connectivity index is 0.721. The Kier molecular flexibility index (Phi) is 12.9. The summed E-state index contributed by atoms with van der Waals surface area (Å²) in [5.41, 5.74) is 7.83. The molecule has 1 atom stereocenters. The van der Waals surface area contributed by atoms with E-state index in [1.807, 2.05) is 64.2 Å². The Morgan fingerprint density at radius 3 is 2.35 bits per heavy atom. The van der Waals surface area contributed by atoms with E-state index >= 15 is 0 Å². The molecule has 9 rings (SSSR count). The van der Waals surface area contributed by atoms with E-state index in [0.717, 1.165) is 97.1 Å². The van der Waals surface area contributed by atoms with Crippen molar-refractivity contribution in [2.75, 3.05) is 85.9 Å². The summed E-state index contributed by atoms with van der Waals surface area (Å²) in [5.74, 6) is 1.23. The van der Waals surface area contributed by atoms with Crippen molar-refractivity contribution in [2.24, 2.45) is 5.92 Å². The first kappa shape index (κ1) is 43.9. The lowest BCUT2D eigenvalue weighted by Gasteiger charge is -2.39. The lowest BCUT2D eigenvalue weighted by atomic mass is 9.95. The van der Waals surface area contributed by atoms with Gasteiger partial charge in [-0.1, -0.05) is 24.3 Å². The monoisotopic (exact) mass is 880 g/mol. The molecule has 4 aliphatic rings. The number of carbonyl (C=O) groups excluding carboxylic acids is 3. The predicted octanol–water partition coefficient (Wildman–Crippen LogP) is 7.17. The van der Waals surface area contributed by atoms with Gasteiger partial charge in [0.25, 0.3) is 0 Å². The first-order valence-corrected chi connectivity index (χ1v) is 23.1. The van der Waals surface area contributed by atoms with Crippen LogP contribution in [0.15, 0.2) is 79.1 Å². The van der Waals surface area contributed by atoms with Crippen LogP contribution in [0.25, 0.3) is 22.0 Å². The molecule has 6 heterocycles. The molecule has 340 valence electrons. The number of anilines is 5. The Hall–Kier alpha value is -6.32. The second kappa shape index (κ2) is 19.0. The highest BCUT2D eigenvalue weighted by atomic mass is 16.6. The van der Waals surface area contributed by atoms with Crippen LogP contribution in [0.4, 0.5) is 33.5 Å². The van der Waals surface area contributed by atoms with Crippen molar-refractivity contribution < 1.29 is 23.9 Å². The average molecular weight is 881 g/mol. The number of nitrogens with zero attached hydrogens (tertiary/aromatic N) is 7. The van der Waals surface area contributed by atoms with Crippen molar-refractivity contribution in [3.8, 4) is 17.0 Å². The molecule has 5 aromatic rings. The largest absolute Gasteiger partial charge is 0.474 e. The number of piperazine rings is 1. The van der Waals surface area contributed by atoms with E-state index in [9.17, 15) is 14.4 Å². The minimum absolute atomic E-state index is 0.199. The highest BCUT2D eigenvalue weighted by molar-refractivity contribution is 6.01.